The summed E-state index contributed by atoms with van der Waals surface area (Å²) in [4.78, 5) is 0.419. The van der Waals surface area contributed by atoms with Crippen LogP contribution in [0.3, 0.4) is 0 Å². The Morgan fingerprint density at radius 1 is 1.14 bits per heavy atom. The Kier molecular flexibility index (Phi) is 4.08. The molecule has 21 heavy (non-hydrogen) atoms. The smallest absolute Gasteiger partial charge is 0.243 e. The zero-order chi connectivity index (χ0) is 15.0. The maximum absolute atomic E-state index is 12.8. The predicted molar refractivity (Wildman–Crippen MR) is 83.4 cm³/mol. The van der Waals surface area contributed by atoms with E-state index in [1.165, 1.54) is 0 Å². The highest BCUT2D eigenvalue weighted by atomic mass is 32.2. The highest BCUT2D eigenvalue weighted by Gasteiger charge is 2.41. The minimum absolute atomic E-state index is 0.248. The monoisotopic (exact) mass is 308 g/mol. The largest absolute Gasteiger partial charge is 0.328 e. The first-order valence-electron chi connectivity index (χ1n) is 7.85. The van der Waals surface area contributed by atoms with Crippen molar-refractivity contribution in [3.63, 3.8) is 0 Å². The highest BCUT2D eigenvalue weighted by molar-refractivity contribution is 7.89. The van der Waals surface area contributed by atoms with Gasteiger partial charge < -0.3 is 5.73 Å². The zero-order valence-corrected chi connectivity index (χ0v) is 13.3. The summed E-state index contributed by atoms with van der Waals surface area (Å²) in [5.74, 6) is 0.938. The van der Waals surface area contributed by atoms with Crippen LogP contribution in [0, 0.1) is 11.8 Å². The highest BCUT2D eigenvalue weighted by Crippen LogP contribution is 2.37. The number of sulfonamides is 1. The Morgan fingerprint density at radius 3 is 2.48 bits per heavy atom. The maximum atomic E-state index is 12.8. The molecule has 0 radical (unpaired) electrons. The van der Waals surface area contributed by atoms with Crippen molar-refractivity contribution in [1.29, 1.82) is 0 Å². The normalized spacial score (nSPS) is 30.3. The van der Waals surface area contributed by atoms with Crippen LogP contribution in [-0.4, -0.2) is 31.9 Å². The summed E-state index contributed by atoms with van der Waals surface area (Å²) < 4.78 is 27.2. The van der Waals surface area contributed by atoms with Crippen LogP contribution in [0.4, 0.5) is 0 Å². The van der Waals surface area contributed by atoms with E-state index in [4.69, 9.17) is 5.73 Å². The summed E-state index contributed by atoms with van der Waals surface area (Å²) in [5.41, 5.74) is 7.18. The summed E-state index contributed by atoms with van der Waals surface area (Å²) in [6, 6.07) is 7.54. The van der Waals surface area contributed by atoms with Crippen LogP contribution in [-0.2, 0) is 16.4 Å². The molecule has 1 aromatic carbocycles. The molecule has 1 unspecified atom stereocenters. The van der Waals surface area contributed by atoms with Gasteiger partial charge >= 0.3 is 0 Å². The summed E-state index contributed by atoms with van der Waals surface area (Å²) in [6.45, 7) is 3.36. The third kappa shape index (κ3) is 2.87. The van der Waals surface area contributed by atoms with Crippen LogP contribution < -0.4 is 5.73 Å². The molecule has 0 amide bonds. The van der Waals surface area contributed by atoms with E-state index >= 15 is 0 Å². The number of hydrogen-bond acceptors (Lipinski definition) is 3. The van der Waals surface area contributed by atoms with Gasteiger partial charge in [-0.2, -0.15) is 4.31 Å². The predicted octanol–water partition coefficient (Wildman–Crippen LogP) is 2.00. The Bertz CT molecular complexity index is 597. The summed E-state index contributed by atoms with van der Waals surface area (Å²) >= 11 is 0. The molecule has 0 spiro atoms. The average Bonchev–Trinajstić information content (AvgIpc) is 2.91. The van der Waals surface area contributed by atoms with Crippen LogP contribution in [0.25, 0.3) is 0 Å². The van der Waals surface area contributed by atoms with Crippen LogP contribution in [0.1, 0.15) is 31.7 Å². The van der Waals surface area contributed by atoms with Crippen molar-refractivity contribution in [2.24, 2.45) is 17.6 Å². The Labute approximate surface area is 127 Å². The molecule has 2 N–H and O–H groups in total. The molecule has 0 aromatic heterocycles. The Balaban J connectivity index is 1.79. The van der Waals surface area contributed by atoms with Crippen molar-refractivity contribution in [3.8, 4) is 0 Å². The minimum atomic E-state index is -3.35. The number of benzene rings is 1. The van der Waals surface area contributed by atoms with Crippen molar-refractivity contribution in [2.45, 2.75) is 43.5 Å². The van der Waals surface area contributed by atoms with Gasteiger partial charge in [0.15, 0.2) is 0 Å². The second kappa shape index (κ2) is 5.71. The van der Waals surface area contributed by atoms with Gasteiger partial charge in [-0.05, 0) is 55.2 Å². The van der Waals surface area contributed by atoms with Crippen molar-refractivity contribution in [3.05, 3.63) is 29.8 Å². The minimum Gasteiger partial charge on any atom is -0.328 e. The van der Waals surface area contributed by atoms with Crippen molar-refractivity contribution in [2.75, 3.05) is 13.1 Å². The van der Waals surface area contributed by atoms with E-state index in [0.717, 1.165) is 31.2 Å². The van der Waals surface area contributed by atoms with Crippen LogP contribution in [0.2, 0.25) is 0 Å². The first-order valence-corrected chi connectivity index (χ1v) is 9.29. The fourth-order valence-electron chi connectivity index (χ4n) is 3.67. The lowest BCUT2D eigenvalue weighted by atomic mass is 9.79. The Hall–Kier alpha value is -0.910. The van der Waals surface area contributed by atoms with Gasteiger partial charge in [0.05, 0.1) is 4.90 Å². The fraction of sp³-hybridized carbons (Fsp3) is 0.625. The lowest BCUT2D eigenvalue weighted by Crippen LogP contribution is -2.32. The SMILES string of the molecule is CCc1ccc(S(=O)(=O)N2C[C@H]3CCC(N)C[C@H]3C2)cc1. The second-order valence-electron chi connectivity index (χ2n) is 6.41. The molecule has 0 bridgehead atoms. The van der Waals surface area contributed by atoms with E-state index < -0.39 is 10.0 Å². The molecule has 1 heterocycles. The van der Waals surface area contributed by atoms with Crippen molar-refractivity contribution >= 4 is 10.0 Å². The molecule has 1 saturated carbocycles. The number of rotatable bonds is 3. The number of nitrogens with two attached hydrogens (primary N) is 1. The quantitative estimate of drug-likeness (QED) is 0.929. The molecule has 4 nitrogen and oxygen atoms in total. The molecule has 2 fully saturated rings. The van der Waals surface area contributed by atoms with Gasteiger partial charge in [0, 0.05) is 19.1 Å². The average molecular weight is 308 g/mol. The standard InChI is InChI=1S/C16H24N2O2S/c1-2-12-3-7-16(8-4-12)21(19,20)18-10-13-5-6-15(17)9-14(13)11-18/h3-4,7-8,13-15H,2,5-6,9-11,17H2,1H3/t13-,14+,15?/m1/s1. The summed E-state index contributed by atoms with van der Waals surface area (Å²) in [6.07, 6.45) is 3.98. The second-order valence-corrected chi connectivity index (χ2v) is 8.35. The lowest BCUT2D eigenvalue weighted by Gasteiger charge is -2.28. The maximum Gasteiger partial charge on any atom is 0.243 e. The van der Waals surface area contributed by atoms with Gasteiger partial charge in [0.25, 0.3) is 0 Å². The summed E-state index contributed by atoms with van der Waals surface area (Å²) in [7, 11) is -3.35. The Morgan fingerprint density at radius 2 is 1.81 bits per heavy atom. The molecule has 1 saturated heterocycles. The topological polar surface area (TPSA) is 63.4 Å². The fourth-order valence-corrected chi connectivity index (χ4v) is 5.22. The van der Waals surface area contributed by atoms with Crippen molar-refractivity contribution < 1.29 is 8.42 Å². The molecule has 1 aliphatic carbocycles. The molecule has 5 heteroatoms. The molecule has 1 aromatic rings. The van der Waals surface area contributed by atoms with Gasteiger partial charge in [0.1, 0.15) is 0 Å². The van der Waals surface area contributed by atoms with Crippen LogP contribution in [0.5, 0.6) is 0 Å². The molecular formula is C16H24N2O2S. The first-order chi connectivity index (χ1) is 10.0. The third-order valence-corrected chi connectivity index (χ3v) is 6.87. The third-order valence-electron chi connectivity index (χ3n) is 5.03. The van der Waals surface area contributed by atoms with Crippen LogP contribution in [0.15, 0.2) is 29.2 Å². The van der Waals surface area contributed by atoms with Gasteiger partial charge in [0.2, 0.25) is 10.0 Å². The van der Waals surface area contributed by atoms with Gasteiger partial charge in [-0.1, -0.05) is 19.1 Å². The van der Waals surface area contributed by atoms with E-state index in [2.05, 4.69) is 6.92 Å². The molecular weight excluding hydrogens is 284 g/mol. The van der Waals surface area contributed by atoms with Gasteiger partial charge in [-0.25, -0.2) is 8.42 Å². The van der Waals surface area contributed by atoms with Gasteiger partial charge in [-0.3, -0.25) is 0 Å². The molecule has 3 atom stereocenters. The number of hydrogen-bond donors (Lipinski definition) is 1. The van der Waals surface area contributed by atoms with E-state index in [0.29, 0.717) is 29.8 Å². The first kappa shape index (κ1) is 15.0. The summed E-state index contributed by atoms with van der Waals surface area (Å²) in [5, 5.41) is 0. The van der Waals surface area contributed by atoms with Gasteiger partial charge in [-0.15, -0.1) is 0 Å². The van der Waals surface area contributed by atoms with E-state index in [1.807, 2.05) is 12.1 Å². The molecule has 2 aliphatic rings. The van der Waals surface area contributed by atoms with E-state index in [1.54, 1.807) is 16.4 Å². The number of fused-ring (bicyclic) bond motifs is 1. The lowest BCUT2D eigenvalue weighted by molar-refractivity contribution is 0.271. The van der Waals surface area contributed by atoms with Crippen molar-refractivity contribution in [1.82, 2.24) is 4.31 Å². The zero-order valence-electron chi connectivity index (χ0n) is 12.5. The molecule has 3 rings (SSSR count). The van der Waals surface area contributed by atoms with Crippen LogP contribution >= 0.6 is 0 Å². The number of aryl methyl sites for hydroxylation is 1. The molecule has 116 valence electrons. The van der Waals surface area contributed by atoms with E-state index in [9.17, 15) is 8.42 Å². The van der Waals surface area contributed by atoms with E-state index in [-0.39, 0.29) is 6.04 Å². The number of nitrogens with zero attached hydrogens (tertiary/aromatic N) is 1. The molecule has 1 aliphatic heterocycles.